The third-order valence-corrected chi connectivity index (χ3v) is 4.09. The van der Waals surface area contributed by atoms with Crippen LogP contribution >= 0.6 is 0 Å². The summed E-state index contributed by atoms with van der Waals surface area (Å²) < 4.78 is 5.46. The minimum absolute atomic E-state index is 0.154. The molecule has 2 aliphatic rings. The maximum absolute atomic E-state index is 12.3. The van der Waals surface area contributed by atoms with E-state index in [2.05, 4.69) is 4.90 Å². The molecule has 19 heavy (non-hydrogen) atoms. The smallest absolute Gasteiger partial charge is 0.236 e. The monoisotopic (exact) mass is 270 g/mol. The Morgan fingerprint density at radius 1 is 1.37 bits per heavy atom. The van der Waals surface area contributed by atoms with Gasteiger partial charge < -0.3 is 14.7 Å². The van der Waals surface area contributed by atoms with Crippen molar-refractivity contribution in [3.8, 4) is 0 Å². The van der Waals surface area contributed by atoms with Crippen LogP contribution in [0.4, 0.5) is 0 Å². The number of amides is 1. The SMILES string of the molecule is CC1CN(C(=O)CN2CCCC(CCO)C2)CCO1. The van der Waals surface area contributed by atoms with Crippen LogP contribution in [0.5, 0.6) is 0 Å². The fourth-order valence-corrected chi connectivity index (χ4v) is 3.05. The molecule has 2 aliphatic heterocycles. The quantitative estimate of drug-likeness (QED) is 0.800. The standard InChI is InChI=1S/C14H26N2O3/c1-12-9-16(6-8-19-12)14(18)11-15-5-2-3-13(10-15)4-7-17/h12-13,17H,2-11H2,1H3. The van der Waals surface area contributed by atoms with Crippen molar-refractivity contribution in [2.75, 3.05) is 45.9 Å². The van der Waals surface area contributed by atoms with Gasteiger partial charge in [0.15, 0.2) is 0 Å². The van der Waals surface area contributed by atoms with Gasteiger partial charge in [0.25, 0.3) is 0 Å². The summed E-state index contributed by atoms with van der Waals surface area (Å²) >= 11 is 0. The zero-order valence-electron chi connectivity index (χ0n) is 11.9. The second-order valence-corrected chi connectivity index (χ2v) is 5.78. The first-order chi connectivity index (χ1) is 9.19. The van der Waals surface area contributed by atoms with E-state index in [1.54, 1.807) is 0 Å². The van der Waals surface area contributed by atoms with Crippen molar-refractivity contribution >= 4 is 5.91 Å². The molecule has 0 saturated carbocycles. The molecule has 5 nitrogen and oxygen atoms in total. The summed E-state index contributed by atoms with van der Waals surface area (Å²) in [5.41, 5.74) is 0. The highest BCUT2D eigenvalue weighted by molar-refractivity contribution is 5.78. The zero-order chi connectivity index (χ0) is 13.7. The van der Waals surface area contributed by atoms with Gasteiger partial charge in [-0.15, -0.1) is 0 Å². The van der Waals surface area contributed by atoms with E-state index >= 15 is 0 Å². The second kappa shape index (κ2) is 7.22. The van der Waals surface area contributed by atoms with Gasteiger partial charge in [-0.05, 0) is 38.6 Å². The van der Waals surface area contributed by atoms with Crippen LogP contribution in [-0.2, 0) is 9.53 Å². The van der Waals surface area contributed by atoms with E-state index in [4.69, 9.17) is 9.84 Å². The van der Waals surface area contributed by atoms with E-state index in [0.29, 0.717) is 25.6 Å². The number of carbonyl (C=O) groups excluding carboxylic acids is 1. The molecule has 0 aliphatic carbocycles. The van der Waals surface area contributed by atoms with Crippen LogP contribution in [0.25, 0.3) is 0 Å². The van der Waals surface area contributed by atoms with Crippen molar-refractivity contribution in [1.82, 2.24) is 9.80 Å². The molecule has 2 atom stereocenters. The Bertz CT molecular complexity index is 296. The van der Waals surface area contributed by atoms with Crippen LogP contribution < -0.4 is 0 Å². The van der Waals surface area contributed by atoms with Gasteiger partial charge in [-0.2, -0.15) is 0 Å². The average Bonchev–Trinajstić information content (AvgIpc) is 2.39. The maximum atomic E-state index is 12.3. The van der Waals surface area contributed by atoms with E-state index in [-0.39, 0.29) is 18.6 Å². The van der Waals surface area contributed by atoms with Crippen LogP contribution in [0, 0.1) is 5.92 Å². The Kier molecular flexibility index (Phi) is 5.60. The van der Waals surface area contributed by atoms with Crippen molar-refractivity contribution in [2.24, 2.45) is 5.92 Å². The number of aliphatic hydroxyl groups is 1. The molecule has 0 bridgehead atoms. The number of piperidine rings is 1. The van der Waals surface area contributed by atoms with Crippen molar-refractivity contribution in [3.63, 3.8) is 0 Å². The molecule has 2 rings (SSSR count). The first-order valence-electron chi connectivity index (χ1n) is 7.41. The summed E-state index contributed by atoms with van der Waals surface area (Å²) in [5, 5.41) is 9.01. The van der Waals surface area contributed by atoms with Gasteiger partial charge in [0, 0.05) is 26.2 Å². The van der Waals surface area contributed by atoms with E-state index < -0.39 is 0 Å². The molecular weight excluding hydrogens is 244 g/mol. The Labute approximate surface area is 115 Å². The Hall–Kier alpha value is -0.650. The van der Waals surface area contributed by atoms with E-state index in [9.17, 15) is 4.79 Å². The normalized spacial score (nSPS) is 29.5. The first-order valence-corrected chi connectivity index (χ1v) is 7.41. The average molecular weight is 270 g/mol. The summed E-state index contributed by atoms with van der Waals surface area (Å²) in [6, 6.07) is 0. The lowest BCUT2D eigenvalue weighted by Crippen LogP contribution is -2.49. The number of hydrogen-bond acceptors (Lipinski definition) is 4. The number of rotatable bonds is 4. The number of carbonyl (C=O) groups is 1. The topological polar surface area (TPSA) is 53.0 Å². The van der Waals surface area contributed by atoms with Gasteiger partial charge in [-0.1, -0.05) is 0 Å². The molecule has 2 saturated heterocycles. The molecule has 0 radical (unpaired) electrons. The van der Waals surface area contributed by atoms with Gasteiger partial charge >= 0.3 is 0 Å². The van der Waals surface area contributed by atoms with E-state index in [1.807, 2.05) is 11.8 Å². The molecule has 0 aromatic heterocycles. The van der Waals surface area contributed by atoms with Crippen LogP contribution in [0.1, 0.15) is 26.2 Å². The fourth-order valence-electron chi connectivity index (χ4n) is 3.05. The van der Waals surface area contributed by atoms with Crippen molar-refractivity contribution in [1.29, 1.82) is 0 Å². The van der Waals surface area contributed by atoms with E-state index in [1.165, 1.54) is 6.42 Å². The molecule has 2 fully saturated rings. The van der Waals surface area contributed by atoms with E-state index in [0.717, 1.165) is 32.5 Å². The number of likely N-dealkylation sites (tertiary alicyclic amines) is 1. The molecule has 0 aromatic rings. The molecule has 0 spiro atoms. The number of nitrogens with zero attached hydrogens (tertiary/aromatic N) is 2. The number of hydrogen-bond donors (Lipinski definition) is 1. The zero-order valence-corrected chi connectivity index (χ0v) is 11.9. The maximum Gasteiger partial charge on any atom is 0.236 e. The molecule has 2 unspecified atom stereocenters. The lowest BCUT2D eigenvalue weighted by Gasteiger charge is -2.36. The summed E-state index contributed by atoms with van der Waals surface area (Å²) in [6.45, 7) is 6.84. The van der Waals surface area contributed by atoms with Crippen molar-refractivity contribution in [3.05, 3.63) is 0 Å². The summed E-state index contributed by atoms with van der Waals surface area (Å²) in [4.78, 5) is 16.4. The predicted molar refractivity (Wildman–Crippen MR) is 72.9 cm³/mol. The largest absolute Gasteiger partial charge is 0.396 e. The lowest BCUT2D eigenvalue weighted by atomic mass is 9.95. The van der Waals surface area contributed by atoms with Crippen molar-refractivity contribution in [2.45, 2.75) is 32.3 Å². The number of ether oxygens (including phenoxy) is 1. The number of aliphatic hydroxyl groups excluding tert-OH is 1. The highest BCUT2D eigenvalue weighted by atomic mass is 16.5. The fraction of sp³-hybridized carbons (Fsp3) is 0.929. The van der Waals surface area contributed by atoms with Crippen LogP contribution in [-0.4, -0.2) is 72.9 Å². The van der Waals surface area contributed by atoms with Gasteiger partial charge in [0.05, 0.1) is 19.3 Å². The highest BCUT2D eigenvalue weighted by Crippen LogP contribution is 2.19. The van der Waals surface area contributed by atoms with Gasteiger partial charge in [-0.3, -0.25) is 9.69 Å². The number of morpholine rings is 1. The van der Waals surface area contributed by atoms with Crippen LogP contribution in [0.3, 0.4) is 0 Å². The lowest BCUT2D eigenvalue weighted by molar-refractivity contribution is -0.139. The van der Waals surface area contributed by atoms with Crippen molar-refractivity contribution < 1.29 is 14.6 Å². The molecular formula is C14H26N2O3. The van der Waals surface area contributed by atoms with Crippen LogP contribution in [0.15, 0.2) is 0 Å². The molecule has 0 aromatic carbocycles. The van der Waals surface area contributed by atoms with Gasteiger partial charge in [0.2, 0.25) is 5.91 Å². The third kappa shape index (κ3) is 4.44. The molecule has 5 heteroatoms. The minimum atomic E-state index is 0.154. The highest BCUT2D eigenvalue weighted by Gasteiger charge is 2.25. The Morgan fingerprint density at radius 2 is 2.21 bits per heavy atom. The summed E-state index contributed by atoms with van der Waals surface area (Å²) in [5.74, 6) is 0.773. The minimum Gasteiger partial charge on any atom is -0.396 e. The summed E-state index contributed by atoms with van der Waals surface area (Å²) in [7, 11) is 0. The van der Waals surface area contributed by atoms with Gasteiger partial charge in [-0.25, -0.2) is 0 Å². The molecule has 110 valence electrons. The second-order valence-electron chi connectivity index (χ2n) is 5.78. The van der Waals surface area contributed by atoms with Crippen LogP contribution in [0.2, 0.25) is 0 Å². The predicted octanol–water partition coefficient (Wildman–Crippen LogP) is 0.328. The Balaban J connectivity index is 1.77. The Morgan fingerprint density at radius 3 is 2.95 bits per heavy atom. The third-order valence-electron chi connectivity index (χ3n) is 4.09. The molecule has 1 N–H and O–H groups in total. The summed E-state index contributed by atoms with van der Waals surface area (Å²) in [6.07, 6.45) is 3.33. The van der Waals surface area contributed by atoms with Gasteiger partial charge in [0.1, 0.15) is 0 Å². The first kappa shape index (κ1) is 14.8. The molecule has 2 heterocycles. The molecule has 1 amide bonds.